The van der Waals surface area contributed by atoms with E-state index in [1.54, 1.807) is 12.1 Å². The fourth-order valence-corrected chi connectivity index (χ4v) is 1.28. The number of ketones is 1. The van der Waals surface area contributed by atoms with Gasteiger partial charge in [-0.2, -0.15) is 0 Å². The van der Waals surface area contributed by atoms with Crippen LogP contribution in [0.1, 0.15) is 36.5 Å². The molecule has 0 aromatic carbocycles. The van der Waals surface area contributed by atoms with Crippen LogP contribution in [0, 0.1) is 0 Å². The van der Waals surface area contributed by atoms with Gasteiger partial charge in [-0.3, -0.25) is 9.59 Å². The molecule has 1 aromatic rings. The topological polar surface area (TPSA) is 59.1 Å². The van der Waals surface area contributed by atoms with Crippen molar-refractivity contribution in [3.63, 3.8) is 0 Å². The van der Waals surface area contributed by atoms with Gasteiger partial charge in [-0.1, -0.05) is 12.1 Å². The molecule has 4 heteroatoms. The summed E-state index contributed by atoms with van der Waals surface area (Å²) in [7, 11) is 0. The Labute approximate surface area is 101 Å². The molecule has 1 rings (SSSR count). The lowest BCUT2D eigenvalue weighted by Gasteiger charge is -1.98. The van der Waals surface area contributed by atoms with Crippen LogP contribution in [0.3, 0.4) is 0 Å². The molecule has 1 aromatic heterocycles. The molecule has 0 saturated carbocycles. The van der Waals surface area contributed by atoms with Crippen molar-refractivity contribution in [3.05, 3.63) is 35.7 Å². The SMILES string of the molecule is CC(=O)NCCC=Cc1cccc(C(C)=O)n1. The number of rotatable bonds is 5. The van der Waals surface area contributed by atoms with Crippen LogP contribution in [-0.2, 0) is 4.79 Å². The van der Waals surface area contributed by atoms with Crippen LogP contribution in [0.25, 0.3) is 6.08 Å². The number of hydrogen-bond acceptors (Lipinski definition) is 3. The molecular formula is C13H16N2O2. The average Bonchev–Trinajstić information content (AvgIpc) is 2.28. The lowest BCUT2D eigenvalue weighted by Crippen LogP contribution is -2.20. The van der Waals surface area contributed by atoms with Gasteiger partial charge in [0.15, 0.2) is 5.78 Å². The Morgan fingerprint density at radius 3 is 2.76 bits per heavy atom. The minimum absolute atomic E-state index is 0.0323. The standard InChI is InChI=1S/C13H16N2O2/c1-10(16)13-8-5-7-12(15-13)6-3-4-9-14-11(2)17/h3,5-8H,4,9H2,1-2H3,(H,14,17). The maximum Gasteiger partial charge on any atom is 0.216 e. The van der Waals surface area contributed by atoms with Gasteiger partial charge in [0.1, 0.15) is 5.69 Å². The average molecular weight is 232 g/mol. The molecule has 0 fully saturated rings. The second-order valence-corrected chi connectivity index (χ2v) is 3.68. The first-order valence-electron chi connectivity index (χ1n) is 5.48. The van der Waals surface area contributed by atoms with Crippen molar-refractivity contribution in [2.45, 2.75) is 20.3 Å². The Balaban J connectivity index is 2.50. The van der Waals surface area contributed by atoms with Crippen molar-refractivity contribution in [1.82, 2.24) is 10.3 Å². The van der Waals surface area contributed by atoms with E-state index in [-0.39, 0.29) is 11.7 Å². The van der Waals surface area contributed by atoms with E-state index in [0.717, 1.165) is 12.1 Å². The van der Waals surface area contributed by atoms with Gasteiger partial charge in [0.05, 0.1) is 5.69 Å². The number of carbonyl (C=O) groups is 2. The molecule has 0 unspecified atom stereocenters. The Morgan fingerprint density at radius 2 is 2.12 bits per heavy atom. The van der Waals surface area contributed by atoms with E-state index in [1.165, 1.54) is 13.8 Å². The van der Waals surface area contributed by atoms with E-state index in [4.69, 9.17) is 0 Å². The van der Waals surface area contributed by atoms with Gasteiger partial charge < -0.3 is 5.32 Å². The molecule has 0 spiro atoms. The summed E-state index contributed by atoms with van der Waals surface area (Å²) in [4.78, 5) is 25.9. The van der Waals surface area contributed by atoms with Crippen LogP contribution < -0.4 is 5.32 Å². The van der Waals surface area contributed by atoms with E-state index >= 15 is 0 Å². The van der Waals surface area contributed by atoms with Crippen LogP contribution in [0.4, 0.5) is 0 Å². The monoisotopic (exact) mass is 232 g/mol. The third-order valence-electron chi connectivity index (χ3n) is 2.10. The van der Waals surface area contributed by atoms with E-state index in [1.807, 2.05) is 18.2 Å². The van der Waals surface area contributed by atoms with Gasteiger partial charge in [0.2, 0.25) is 5.91 Å². The van der Waals surface area contributed by atoms with Gasteiger partial charge in [-0.25, -0.2) is 4.98 Å². The predicted molar refractivity (Wildman–Crippen MR) is 66.6 cm³/mol. The normalized spacial score (nSPS) is 10.5. The predicted octanol–water partition coefficient (Wildman–Crippen LogP) is 1.82. The second-order valence-electron chi connectivity index (χ2n) is 3.68. The summed E-state index contributed by atoms with van der Waals surface area (Å²) in [6.45, 7) is 3.59. The number of aromatic nitrogens is 1. The molecule has 0 aliphatic rings. The third kappa shape index (κ3) is 5.06. The highest BCUT2D eigenvalue weighted by molar-refractivity contribution is 5.92. The van der Waals surface area contributed by atoms with Crippen LogP contribution in [0.5, 0.6) is 0 Å². The molecule has 1 amide bonds. The number of pyridine rings is 1. The Kier molecular flexibility index (Phi) is 5.07. The van der Waals surface area contributed by atoms with Crippen molar-refractivity contribution >= 4 is 17.8 Å². The first-order valence-corrected chi connectivity index (χ1v) is 5.48. The number of nitrogens with zero attached hydrogens (tertiary/aromatic N) is 1. The van der Waals surface area contributed by atoms with Gasteiger partial charge in [-0.05, 0) is 24.6 Å². The van der Waals surface area contributed by atoms with Crippen molar-refractivity contribution in [2.24, 2.45) is 0 Å². The smallest absolute Gasteiger partial charge is 0.216 e. The molecule has 1 heterocycles. The quantitative estimate of drug-likeness (QED) is 0.622. The minimum atomic E-state index is -0.0431. The molecule has 0 aliphatic heterocycles. The largest absolute Gasteiger partial charge is 0.356 e. The van der Waals surface area contributed by atoms with Crippen molar-refractivity contribution in [2.75, 3.05) is 6.54 Å². The Morgan fingerprint density at radius 1 is 1.35 bits per heavy atom. The van der Waals surface area contributed by atoms with E-state index in [2.05, 4.69) is 10.3 Å². The summed E-state index contributed by atoms with van der Waals surface area (Å²) in [5.74, 6) is -0.0754. The zero-order valence-corrected chi connectivity index (χ0v) is 10.1. The van der Waals surface area contributed by atoms with Crippen LogP contribution in [-0.4, -0.2) is 23.2 Å². The second kappa shape index (κ2) is 6.58. The van der Waals surface area contributed by atoms with Crippen molar-refractivity contribution in [3.8, 4) is 0 Å². The molecule has 0 radical (unpaired) electrons. The van der Waals surface area contributed by atoms with Gasteiger partial charge in [0.25, 0.3) is 0 Å². The Hall–Kier alpha value is -1.97. The zero-order valence-electron chi connectivity index (χ0n) is 10.1. The molecule has 1 N–H and O–H groups in total. The number of Topliss-reactive ketones (excluding diaryl/α,β-unsaturated/α-hetero) is 1. The summed E-state index contributed by atoms with van der Waals surface area (Å²) in [5.41, 5.74) is 1.22. The molecular weight excluding hydrogens is 216 g/mol. The first kappa shape index (κ1) is 13.1. The van der Waals surface area contributed by atoms with Crippen LogP contribution >= 0.6 is 0 Å². The van der Waals surface area contributed by atoms with Gasteiger partial charge in [-0.15, -0.1) is 0 Å². The number of hydrogen-bond donors (Lipinski definition) is 1. The van der Waals surface area contributed by atoms with Crippen LogP contribution in [0.2, 0.25) is 0 Å². The summed E-state index contributed by atoms with van der Waals surface area (Å²) < 4.78 is 0. The summed E-state index contributed by atoms with van der Waals surface area (Å²) in [5, 5.41) is 2.70. The Bertz CT molecular complexity index is 439. The lowest BCUT2D eigenvalue weighted by atomic mass is 10.2. The summed E-state index contributed by atoms with van der Waals surface area (Å²) >= 11 is 0. The van der Waals surface area contributed by atoms with E-state index < -0.39 is 0 Å². The number of carbonyl (C=O) groups excluding carboxylic acids is 2. The molecule has 4 nitrogen and oxygen atoms in total. The summed E-state index contributed by atoms with van der Waals surface area (Å²) in [6.07, 6.45) is 4.50. The maximum atomic E-state index is 11.1. The molecule has 0 saturated heterocycles. The lowest BCUT2D eigenvalue weighted by molar-refractivity contribution is -0.118. The molecule has 90 valence electrons. The molecule has 0 aliphatic carbocycles. The first-order chi connectivity index (χ1) is 8.09. The van der Waals surface area contributed by atoms with Gasteiger partial charge in [0, 0.05) is 20.4 Å². The van der Waals surface area contributed by atoms with Crippen LogP contribution in [0.15, 0.2) is 24.3 Å². The zero-order chi connectivity index (χ0) is 12.7. The maximum absolute atomic E-state index is 11.1. The highest BCUT2D eigenvalue weighted by Crippen LogP contribution is 2.02. The molecule has 17 heavy (non-hydrogen) atoms. The van der Waals surface area contributed by atoms with E-state index in [9.17, 15) is 9.59 Å². The van der Waals surface area contributed by atoms with Gasteiger partial charge >= 0.3 is 0 Å². The highest BCUT2D eigenvalue weighted by atomic mass is 16.1. The van der Waals surface area contributed by atoms with E-state index in [0.29, 0.717) is 12.2 Å². The highest BCUT2D eigenvalue weighted by Gasteiger charge is 1.99. The van der Waals surface area contributed by atoms with Crippen molar-refractivity contribution < 1.29 is 9.59 Å². The molecule has 0 bridgehead atoms. The number of nitrogens with one attached hydrogen (secondary N) is 1. The molecule has 0 atom stereocenters. The number of amides is 1. The summed E-state index contributed by atoms with van der Waals surface area (Å²) in [6, 6.07) is 5.33. The van der Waals surface area contributed by atoms with Crippen molar-refractivity contribution in [1.29, 1.82) is 0 Å². The fraction of sp³-hybridized carbons (Fsp3) is 0.308. The minimum Gasteiger partial charge on any atom is -0.356 e. The fourth-order valence-electron chi connectivity index (χ4n) is 1.28. The third-order valence-corrected chi connectivity index (χ3v) is 2.10.